The van der Waals surface area contributed by atoms with Gasteiger partial charge in [0.15, 0.2) is 5.13 Å². The first-order valence-corrected chi connectivity index (χ1v) is 10.8. The van der Waals surface area contributed by atoms with E-state index in [-0.39, 0.29) is 22.8 Å². The number of halogens is 4. The number of rotatable bonds is 4. The van der Waals surface area contributed by atoms with Crippen molar-refractivity contribution in [2.45, 2.75) is 12.6 Å². The summed E-state index contributed by atoms with van der Waals surface area (Å²) in [6.07, 6.45) is -0.100. The Balaban J connectivity index is 1.50. The monoisotopic (exact) mass is 493 g/mol. The molecule has 1 aromatic heterocycles. The second kappa shape index (κ2) is 8.60. The van der Waals surface area contributed by atoms with Crippen LogP contribution in [-0.4, -0.2) is 52.1 Å². The molecule has 0 saturated heterocycles. The molecular formula is C22H17F4N4O3S+. The molecule has 1 aliphatic carbocycles. The first kappa shape index (κ1) is 23.5. The van der Waals surface area contributed by atoms with Crippen LogP contribution in [0.4, 0.5) is 27.5 Å². The number of hydrogen-bond acceptors (Lipinski definition) is 5. The molecule has 1 aromatic carbocycles. The predicted octanol–water partition coefficient (Wildman–Crippen LogP) is 4.08. The van der Waals surface area contributed by atoms with Gasteiger partial charge in [-0.25, -0.2) is 14.2 Å². The number of amides is 4. The number of nitrogens with one attached hydrogen (secondary N) is 1. The fraction of sp³-hybridized carbons (Fsp3) is 0.227. The van der Waals surface area contributed by atoms with Gasteiger partial charge in [0.05, 0.1) is 25.4 Å². The molecular weight excluding hydrogens is 476 g/mol. The summed E-state index contributed by atoms with van der Waals surface area (Å²) in [7, 11) is 2.91. The van der Waals surface area contributed by atoms with Crippen LogP contribution < -0.4 is 5.32 Å². The van der Waals surface area contributed by atoms with Crippen molar-refractivity contribution in [2.75, 3.05) is 19.4 Å². The number of carbonyl (C=O) groups is 3. The average Bonchev–Trinajstić information content (AvgIpc) is 3.23. The van der Waals surface area contributed by atoms with Gasteiger partial charge in [-0.1, -0.05) is 12.2 Å². The Morgan fingerprint density at radius 2 is 2.03 bits per heavy atom. The summed E-state index contributed by atoms with van der Waals surface area (Å²) >= 11 is 0.992. The summed E-state index contributed by atoms with van der Waals surface area (Å²) in [6, 6.07) is 2.07. The number of aromatic nitrogens is 1. The third kappa shape index (κ3) is 4.28. The summed E-state index contributed by atoms with van der Waals surface area (Å²) in [6.45, 7) is 0. The van der Waals surface area contributed by atoms with Gasteiger partial charge in [0.1, 0.15) is 17.4 Å². The zero-order valence-corrected chi connectivity index (χ0v) is 18.6. The Hall–Kier alpha value is -3.67. The molecule has 2 aliphatic rings. The molecule has 12 heteroatoms. The Kier molecular flexibility index (Phi) is 5.94. The van der Waals surface area contributed by atoms with Crippen molar-refractivity contribution >= 4 is 40.0 Å². The molecule has 4 rings (SSSR count). The van der Waals surface area contributed by atoms with Crippen LogP contribution in [-0.2, 0) is 15.8 Å². The maximum atomic E-state index is 13.5. The molecule has 1 aliphatic heterocycles. The van der Waals surface area contributed by atoms with Crippen LogP contribution in [0.15, 0.2) is 47.4 Å². The predicted molar refractivity (Wildman–Crippen MR) is 116 cm³/mol. The number of benzene rings is 1. The van der Waals surface area contributed by atoms with Gasteiger partial charge < -0.3 is 5.32 Å². The summed E-state index contributed by atoms with van der Waals surface area (Å²) in [5.74, 6) is -3.11. The van der Waals surface area contributed by atoms with Gasteiger partial charge >= 0.3 is 18.1 Å². The van der Waals surface area contributed by atoms with E-state index in [1.807, 2.05) is 0 Å². The SMILES string of the molecule is CN1C(=O)C2C(CC(=O)Nc3nc(-c4ccc(F)c(C(F)(F)F)c4)cs3)=CC=CC2=[N+](C)C1=O. The molecule has 176 valence electrons. The summed E-state index contributed by atoms with van der Waals surface area (Å²) in [5.41, 5.74) is -0.264. The Morgan fingerprint density at radius 3 is 2.74 bits per heavy atom. The molecule has 4 amide bonds. The second-order valence-electron chi connectivity index (χ2n) is 7.65. The zero-order valence-electron chi connectivity index (χ0n) is 17.8. The minimum absolute atomic E-state index is 0.0494. The first-order chi connectivity index (χ1) is 16.0. The third-order valence-corrected chi connectivity index (χ3v) is 6.22. The van der Waals surface area contributed by atoms with E-state index in [0.29, 0.717) is 23.4 Å². The van der Waals surface area contributed by atoms with Crippen LogP contribution >= 0.6 is 11.3 Å². The number of anilines is 1. The smallest absolute Gasteiger partial charge is 0.302 e. The number of imide groups is 1. The molecule has 7 nitrogen and oxygen atoms in total. The lowest BCUT2D eigenvalue weighted by Crippen LogP contribution is -2.52. The van der Waals surface area contributed by atoms with Crippen LogP contribution in [0.3, 0.4) is 0 Å². The van der Waals surface area contributed by atoms with Crippen LogP contribution in [0.5, 0.6) is 0 Å². The highest BCUT2D eigenvalue weighted by Crippen LogP contribution is 2.35. The van der Waals surface area contributed by atoms with Crippen molar-refractivity contribution in [3.8, 4) is 11.3 Å². The van der Waals surface area contributed by atoms with Gasteiger partial charge in [0.2, 0.25) is 5.91 Å². The Morgan fingerprint density at radius 1 is 1.29 bits per heavy atom. The van der Waals surface area contributed by atoms with Gasteiger partial charge in [-0.05, 0) is 29.8 Å². The molecule has 0 saturated carbocycles. The second-order valence-corrected chi connectivity index (χ2v) is 8.51. The van der Waals surface area contributed by atoms with Crippen molar-refractivity contribution in [3.05, 3.63) is 58.8 Å². The van der Waals surface area contributed by atoms with E-state index in [2.05, 4.69) is 10.3 Å². The van der Waals surface area contributed by atoms with Crippen LogP contribution in [0.2, 0.25) is 0 Å². The maximum absolute atomic E-state index is 13.5. The van der Waals surface area contributed by atoms with E-state index in [1.54, 1.807) is 18.2 Å². The summed E-state index contributed by atoms with van der Waals surface area (Å²) in [5, 5.41) is 4.14. The standard InChI is InChI=1S/C22H16F4N4O3S/c1-29-16-5-3-4-12(18(16)19(32)30(2)21(29)33)9-17(31)28-20-27-15(10-34-20)11-6-7-14(23)13(8-11)22(24,25)26/h3-8,10,18H,9H2,1-2H3/p+1. The summed E-state index contributed by atoms with van der Waals surface area (Å²) in [4.78, 5) is 42.6. The largest absolute Gasteiger partial charge is 0.500 e. The molecule has 34 heavy (non-hydrogen) atoms. The lowest BCUT2D eigenvalue weighted by Gasteiger charge is -2.27. The maximum Gasteiger partial charge on any atom is 0.500 e. The Labute approximate surface area is 194 Å². The van der Waals surface area contributed by atoms with Crippen molar-refractivity contribution in [1.29, 1.82) is 0 Å². The highest BCUT2D eigenvalue weighted by atomic mass is 32.1. The van der Waals surface area contributed by atoms with Gasteiger partial charge in [-0.2, -0.15) is 27.4 Å². The van der Waals surface area contributed by atoms with E-state index >= 15 is 0 Å². The van der Waals surface area contributed by atoms with Gasteiger partial charge in [0, 0.05) is 17.4 Å². The quantitative estimate of drug-likeness (QED) is 0.514. The van der Waals surface area contributed by atoms with Crippen LogP contribution in [0.25, 0.3) is 11.3 Å². The average molecular weight is 493 g/mol. The molecule has 1 N–H and O–H groups in total. The summed E-state index contributed by atoms with van der Waals surface area (Å²) < 4.78 is 53.8. The van der Waals surface area contributed by atoms with E-state index < -0.39 is 41.3 Å². The third-order valence-electron chi connectivity index (χ3n) is 5.47. The number of fused-ring (bicyclic) bond motifs is 1. The Bertz CT molecular complexity index is 1310. The van der Waals surface area contributed by atoms with Crippen LogP contribution in [0, 0.1) is 11.7 Å². The highest BCUT2D eigenvalue weighted by Gasteiger charge is 2.46. The van der Waals surface area contributed by atoms with Crippen LogP contribution in [0.1, 0.15) is 12.0 Å². The minimum Gasteiger partial charge on any atom is -0.302 e. The number of hydrogen-bond donors (Lipinski definition) is 1. The van der Waals surface area contributed by atoms with E-state index in [4.69, 9.17) is 0 Å². The lowest BCUT2D eigenvalue weighted by molar-refractivity contribution is -0.405. The number of urea groups is 1. The molecule has 2 aromatic rings. The normalized spacial score (nSPS) is 18.2. The fourth-order valence-electron chi connectivity index (χ4n) is 3.74. The molecule has 0 spiro atoms. The lowest BCUT2D eigenvalue weighted by atomic mass is 9.85. The van der Waals surface area contributed by atoms with Crippen molar-refractivity contribution in [3.63, 3.8) is 0 Å². The van der Waals surface area contributed by atoms with Crippen molar-refractivity contribution in [2.24, 2.45) is 5.92 Å². The van der Waals surface area contributed by atoms with Gasteiger partial charge in [0.25, 0.3) is 0 Å². The molecule has 0 bridgehead atoms. The number of carbonyl (C=O) groups excluding carboxylic acids is 3. The highest BCUT2D eigenvalue weighted by molar-refractivity contribution is 7.14. The zero-order chi connectivity index (χ0) is 24.8. The van der Waals surface area contributed by atoms with Gasteiger partial charge in [-0.15, -0.1) is 11.3 Å². The van der Waals surface area contributed by atoms with Crippen molar-refractivity contribution < 1.29 is 36.5 Å². The van der Waals surface area contributed by atoms with E-state index in [1.165, 1.54) is 30.1 Å². The molecule has 0 fully saturated rings. The van der Waals surface area contributed by atoms with Gasteiger partial charge in [-0.3, -0.25) is 4.79 Å². The van der Waals surface area contributed by atoms with Crippen molar-refractivity contribution in [1.82, 2.24) is 9.88 Å². The molecule has 1 unspecified atom stereocenters. The van der Waals surface area contributed by atoms with E-state index in [0.717, 1.165) is 16.2 Å². The van der Waals surface area contributed by atoms with E-state index in [9.17, 15) is 31.9 Å². The first-order valence-electron chi connectivity index (χ1n) is 9.89. The number of nitrogens with zero attached hydrogens (tertiary/aromatic N) is 3. The number of allylic oxidation sites excluding steroid dienone is 3. The molecule has 2 heterocycles. The molecule has 1 atom stereocenters. The topological polar surface area (TPSA) is 82.4 Å². The number of thiazole rings is 1. The fourth-order valence-corrected chi connectivity index (χ4v) is 4.48. The minimum atomic E-state index is -4.85. The molecule has 0 radical (unpaired) electrons. The number of alkyl halides is 3.